The van der Waals surface area contributed by atoms with Crippen molar-refractivity contribution in [3.8, 4) is 0 Å². The molecule has 2 nitrogen and oxygen atoms in total. The molecule has 0 aromatic heterocycles. The maximum absolute atomic E-state index is 10.9. The van der Waals surface area contributed by atoms with Gasteiger partial charge in [0.2, 0.25) is 0 Å². The van der Waals surface area contributed by atoms with Crippen LogP contribution in [0.2, 0.25) is 0 Å². The predicted molar refractivity (Wildman–Crippen MR) is 71.5 cm³/mol. The fourth-order valence-corrected chi connectivity index (χ4v) is 3.55. The van der Waals surface area contributed by atoms with E-state index in [0.29, 0.717) is 18.4 Å². The van der Waals surface area contributed by atoms with E-state index in [2.05, 4.69) is 38.1 Å². The Morgan fingerprint density at radius 2 is 1.94 bits per heavy atom. The zero-order valence-electron chi connectivity index (χ0n) is 11.2. The molecule has 1 aliphatic heterocycles. The van der Waals surface area contributed by atoms with Crippen LogP contribution >= 0.6 is 0 Å². The van der Waals surface area contributed by atoms with E-state index in [9.17, 15) is 5.11 Å². The lowest BCUT2D eigenvalue weighted by molar-refractivity contribution is -0.153. The van der Waals surface area contributed by atoms with Gasteiger partial charge in [-0.3, -0.25) is 0 Å². The van der Waals surface area contributed by atoms with E-state index >= 15 is 0 Å². The standard InChI is InChI=1S/C16H22O2/c1-15(2)11-16(17,8-9-18-15)14-10-13(14)12-6-4-3-5-7-12/h3-7,13-14,17H,8-11H2,1-2H3. The number of aliphatic hydroxyl groups is 1. The highest BCUT2D eigenvalue weighted by atomic mass is 16.5. The Hall–Kier alpha value is -0.860. The molecular weight excluding hydrogens is 224 g/mol. The molecule has 2 heteroatoms. The van der Waals surface area contributed by atoms with Gasteiger partial charge in [0.05, 0.1) is 17.8 Å². The smallest absolute Gasteiger partial charge is 0.0731 e. The van der Waals surface area contributed by atoms with Crippen LogP contribution in [0.5, 0.6) is 0 Å². The molecule has 1 heterocycles. The number of ether oxygens (including phenoxy) is 1. The molecule has 1 aliphatic carbocycles. The zero-order chi connectivity index (χ0) is 12.8. The first-order chi connectivity index (χ1) is 8.50. The SMILES string of the molecule is CC1(C)CC(O)(C2CC2c2ccccc2)CCO1. The minimum absolute atomic E-state index is 0.184. The van der Waals surface area contributed by atoms with Gasteiger partial charge in [-0.25, -0.2) is 0 Å². The average molecular weight is 246 g/mol. The van der Waals surface area contributed by atoms with Gasteiger partial charge in [-0.1, -0.05) is 30.3 Å². The van der Waals surface area contributed by atoms with Crippen LogP contribution in [0.4, 0.5) is 0 Å². The van der Waals surface area contributed by atoms with Crippen molar-refractivity contribution < 1.29 is 9.84 Å². The second kappa shape index (κ2) is 4.07. The molecule has 2 aliphatic rings. The Bertz CT molecular complexity index is 426. The lowest BCUT2D eigenvalue weighted by Crippen LogP contribution is -2.47. The highest BCUT2D eigenvalue weighted by Crippen LogP contribution is 2.57. The van der Waals surface area contributed by atoms with Gasteiger partial charge < -0.3 is 9.84 Å². The van der Waals surface area contributed by atoms with Gasteiger partial charge in [0, 0.05) is 6.42 Å². The Morgan fingerprint density at radius 1 is 1.22 bits per heavy atom. The van der Waals surface area contributed by atoms with Crippen molar-refractivity contribution in [3.05, 3.63) is 35.9 Å². The first kappa shape index (κ1) is 12.2. The molecule has 98 valence electrons. The molecule has 18 heavy (non-hydrogen) atoms. The number of benzene rings is 1. The first-order valence-electron chi connectivity index (χ1n) is 6.91. The predicted octanol–water partition coefficient (Wildman–Crippen LogP) is 3.11. The van der Waals surface area contributed by atoms with Crippen LogP contribution in [0, 0.1) is 5.92 Å². The van der Waals surface area contributed by atoms with Crippen molar-refractivity contribution in [1.29, 1.82) is 0 Å². The monoisotopic (exact) mass is 246 g/mol. The third-order valence-electron chi connectivity index (χ3n) is 4.47. The van der Waals surface area contributed by atoms with Crippen molar-refractivity contribution in [3.63, 3.8) is 0 Å². The minimum atomic E-state index is -0.526. The van der Waals surface area contributed by atoms with Crippen LogP contribution in [0.3, 0.4) is 0 Å². The van der Waals surface area contributed by atoms with Crippen molar-refractivity contribution >= 4 is 0 Å². The van der Waals surface area contributed by atoms with Gasteiger partial charge in [-0.05, 0) is 44.1 Å². The lowest BCUT2D eigenvalue weighted by atomic mass is 9.79. The van der Waals surface area contributed by atoms with Gasteiger partial charge in [0.25, 0.3) is 0 Å². The van der Waals surface area contributed by atoms with Crippen LogP contribution < -0.4 is 0 Å². The fourth-order valence-electron chi connectivity index (χ4n) is 3.55. The Morgan fingerprint density at radius 3 is 2.61 bits per heavy atom. The van der Waals surface area contributed by atoms with Gasteiger partial charge in [0.1, 0.15) is 0 Å². The molecule has 0 bridgehead atoms. The summed E-state index contributed by atoms with van der Waals surface area (Å²) in [5.74, 6) is 0.966. The van der Waals surface area contributed by atoms with Crippen LogP contribution in [0.25, 0.3) is 0 Å². The molecule has 3 unspecified atom stereocenters. The third kappa shape index (κ3) is 2.19. The molecule has 1 saturated carbocycles. The normalized spacial score (nSPS) is 38.4. The Labute approximate surface area is 109 Å². The summed E-state index contributed by atoms with van der Waals surface area (Å²) in [5.41, 5.74) is 0.666. The number of hydrogen-bond acceptors (Lipinski definition) is 2. The van der Waals surface area contributed by atoms with Crippen molar-refractivity contribution in [2.45, 2.75) is 50.2 Å². The van der Waals surface area contributed by atoms with Gasteiger partial charge in [-0.15, -0.1) is 0 Å². The maximum atomic E-state index is 10.9. The van der Waals surface area contributed by atoms with Gasteiger partial charge >= 0.3 is 0 Å². The number of rotatable bonds is 2. The molecule has 0 spiro atoms. The van der Waals surface area contributed by atoms with E-state index in [1.807, 2.05) is 6.07 Å². The van der Waals surface area contributed by atoms with E-state index < -0.39 is 5.60 Å². The largest absolute Gasteiger partial charge is 0.389 e. The summed E-state index contributed by atoms with van der Waals surface area (Å²) in [6.07, 6.45) is 2.66. The maximum Gasteiger partial charge on any atom is 0.0731 e. The van der Waals surface area contributed by atoms with Crippen LogP contribution in [-0.4, -0.2) is 22.9 Å². The Balaban J connectivity index is 1.74. The zero-order valence-corrected chi connectivity index (χ0v) is 11.2. The van der Waals surface area contributed by atoms with E-state index in [-0.39, 0.29) is 5.60 Å². The molecule has 1 saturated heterocycles. The molecule has 3 atom stereocenters. The van der Waals surface area contributed by atoms with Crippen LogP contribution in [0.1, 0.15) is 44.6 Å². The summed E-state index contributed by atoms with van der Waals surface area (Å²) in [4.78, 5) is 0. The van der Waals surface area contributed by atoms with Crippen molar-refractivity contribution in [1.82, 2.24) is 0 Å². The summed E-state index contributed by atoms with van der Waals surface area (Å²) in [5, 5.41) is 10.9. The molecular formula is C16H22O2. The van der Waals surface area contributed by atoms with Gasteiger partial charge in [0.15, 0.2) is 0 Å². The van der Waals surface area contributed by atoms with E-state index in [4.69, 9.17) is 4.74 Å². The second-order valence-electron chi connectivity index (χ2n) is 6.50. The van der Waals surface area contributed by atoms with Crippen molar-refractivity contribution in [2.75, 3.05) is 6.61 Å². The van der Waals surface area contributed by atoms with Crippen LogP contribution in [-0.2, 0) is 4.74 Å². The topological polar surface area (TPSA) is 29.5 Å². The quantitative estimate of drug-likeness (QED) is 0.869. The Kier molecular flexibility index (Phi) is 2.76. The third-order valence-corrected chi connectivity index (χ3v) is 4.47. The molecule has 1 N–H and O–H groups in total. The van der Waals surface area contributed by atoms with Gasteiger partial charge in [-0.2, -0.15) is 0 Å². The summed E-state index contributed by atoms with van der Waals surface area (Å²) < 4.78 is 5.72. The van der Waals surface area contributed by atoms with Crippen LogP contribution in [0.15, 0.2) is 30.3 Å². The number of hydrogen-bond donors (Lipinski definition) is 1. The summed E-state index contributed by atoms with van der Waals surface area (Å²) >= 11 is 0. The summed E-state index contributed by atoms with van der Waals surface area (Å²) in [6, 6.07) is 10.6. The van der Waals surface area contributed by atoms with E-state index in [1.54, 1.807) is 0 Å². The average Bonchev–Trinajstić information content (AvgIpc) is 3.09. The second-order valence-corrected chi connectivity index (χ2v) is 6.50. The highest BCUT2D eigenvalue weighted by Gasteiger charge is 2.55. The summed E-state index contributed by atoms with van der Waals surface area (Å²) in [6.45, 7) is 4.84. The highest BCUT2D eigenvalue weighted by molar-refractivity contribution is 5.28. The first-order valence-corrected chi connectivity index (χ1v) is 6.91. The minimum Gasteiger partial charge on any atom is -0.389 e. The van der Waals surface area contributed by atoms with E-state index in [1.165, 1.54) is 5.56 Å². The molecule has 3 rings (SSSR count). The molecule has 1 aromatic carbocycles. The molecule has 2 fully saturated rings. The lowest BCUT2D eigenvalue weighted by Gasteiger charge is -2.42. The molecule has 1 aromatic rings. The fraction of sp³-hybridized carbons (Fsp3) is 0.625. The van der Waals surface area contributed by atoms with E-state index in [0.717, 1.165) is 19.3 Å². The molecule has 0 radical (unpaired) electrons. The molecule has 0 amide bonds. The summed E-state index contributed by atoms with van der Waals surface area (Å²) in [7, 11) is 0. The van der Waals surface area contributed by atoms with Crippen molar-refractivity contribution in [2.24, 2.45) is 5.92 Å².